The van der Waals surface area contributed by atoms with E-state index < -0.39 is 15.7 Å². The zero-order valence-corrected chi connectivity index (χ0v) is 13.1. The molecule has 2 saturated heterocycles. The Balaban J connectivity index is 1.63. The van der Waals surface area contributed by atoms with E-state index in [2.05, 4.69) is 9.88 Å². The molecule has 0 spiro atoms. The molecule has 3 heterocycles. The van der Waals surface area contributed by atoms with Gasteiger partial charge >= 0.3 is 0 Å². The van der Waals surface area contributed by atoms with Gasteiger partial charge in [-0.15, -0.1) is 0 Å². The first-order chi connectivity index (χ1) is 9.94. The molecule has 0 amide bonds. The van der Waals surface area contributed by atoms with Crippen LogP contribution in [0.3, 0.4) is 0 Å². The van der Waals surface area contributed by atoms with Crippen molar-refractivity contribution in [3.8, 4) is 0 Å². The topological polar surface area (TPSA) is 53.5 Å². The van der Waals surface area contributed by atoms with E-state index in [0.717, 1.165) is 13.1 Å². The van der Waals surface area contributed by atoms with Crippen LogP contribution in [0.2, 0.25) is 5.02 Å². The van der Waals surface area contributed by atoms with Gasteiger partial charge < -0.3 is 4.90 Å². The van der Waals surface area contributed by atoms with E-state index in [9.17, 15) is 12.8 Å². The van der Waals surface area contributed by atoms with Crippen molar-refractivity contribution in [2.24, 2.45) is 0 Å². The second-order valence-electron chi connectivity index (χ2n) is 5.54. The van der Waals surface area contributed by atoms with Crippen LogP contribution in [0.1, 0.15) is 6.42 Å². The van der Waals surface area contributed by atoms with Crippen molar-refractivity contribution in [1.82, 2.24) is 9.88 Å². The number of aromatic nitrogens is 1. The number of hydrogen-bond donors (Lipinski definition) is 0. The van der Waals surface area contributed by atoms with Crippen LogP contribution in [0.4, 0.5) is 10.2 Å². The first-order valence-corrected chi connectivity index (χ1v) is 9.15. The summed E-state index contributed by atoms with van der Waals surface area (Å²) in [5.74, 6) is 0.434. The van der Waals surface area contributed by atoms with Crippen LogP contribution >= 0.6 is 11.6 Å². The summed E-state index contributed by atoms with van der Waals surface area (Å²) in [7, 11) is -2.86. The van der Waals surface area contributed by atoms with E-state index in [4.69, 9.17) is 11.6 Å². The molecule has 0 radical (unpaired) electrons. The van der Waals surface area contributed by atoms with Gasteiger partial charge in [0.2, 0.25) is 0 Å². The molecule has 1 atom stereocenters. The van der Waals surface area contributed by atoms with E-state index in [1.165, 1.54) is 12.3 Å². The van der Waals surface area contributed by atoms with Crippen molar-refractivity contribution in [3.05, 3.63) is 23.1 Å². The fourth-order valence-corrected chi connectivity index (χ4v) is 4.91. The van der Waals surface area contributed by atoms with E-state index >= 15 is 0 Å². The molecule has 3 rings (SSSR count). The average Bonchev–Trinajstić information content (AvgIpc) is 2.79. The van der Waals surface area contributed by atoms with E-state index in [0.29, 0.717) is 25.3 Å². The van der Waals surface area contributed by atoms with Crippen molar-refractivity contribution < 1.29 is 12.8 Å². The first kappa shape index (κ1) is 15.0. The summed E-state index contributed by atoms with van der Waals surface area (Å²) in [6.45, 7) is 2.73. The Kier molecular flexibility index (Phi) is 4.07. The summed E-state index contributed by atoms with van der Waals surface area (Å²) in [5.41, 5.74) is 0. The second kappa shape index (κ2) is 5.70. The SMILES string of the molecule is O=S1(=O)CC[C@@H](N2CCN(c3ncc(Cl)cc3F)CC2)C1. The summed E-state index contributed by atoms with van der Waals surface area (Å²) < 4.78 is 36.9. The molecule has 0 bridgehead atoms. The van der Waals surface area contributed by atoms with Gasteiger partial charge in [0.15, 0.2) is 21.5 Å². The van der Waals surface area contributed by atoms with Gasteiger partial charge in [-0.05, 0) is 12.5 Å². The van der Waals surface area contributed by atoms with Gasteiger partial charge in [0.25, 0.3) is 0 Å². The highest BCUT2D eigenvalue weighted by molar-refractivity contribution is 7.91. The number of sulfone groups is 1. The van der Waals surface area contributed by atoms with Crippen LogP contribution in [-0.4, -0.2) is 62.0 Å². The molecule has 0 unspecified atom stereocenters. The summed E-state index contributed by atoms with van der Waals surface area (Å²) in [6.07, 6.45) is 2.14. The Labute approximate surface area is 128 Å². The lowest BCUT2D eigenvalue weighted by Gasteiger charge is -2.38. The quantitative estimate of drug-likeness (QED) is 0.813. The lowest BCUT2D eigenvalue weighted by Crippen LogP contribution is -2.51. The van der Waals surface area contributed by atoms with Gasteiger partial charge in [0.1, 0.15) is 0 Å². The maximum absolute atomic E-state index is 13.9. The van der Waals surface area contributed by atoms with Gasteiger partial charge in [0.05, 0.1) is 16.5 Å². The van der Waals surface area contributed by atoms with Gasteiger partial charge in [-0.3, -0.25) is 4.90 Å². The number of piperazine rings is 1. The van der Waals surface area contributed by atoms with Crippen LogP contribution in [0.15, 0.2) is 12.3 Å². The monoisotopic (exact) mass is 333 g/mol. The Bertz CT molecular complexity index is 632. The largest absolute Gasteiger partial charge is 0.352 e. The smallest absolute Gasteiger partial charge is 0.167 e. The standard InChI is InChI=1S/C13H17ClFN3O2S/c14-10-7-12(15)13(16-8-10)18-4-2-17(3-5-18)11-1-6-21(19,20)9-11/h7-8,11H,1-6,9H2/t11-/m1/s1. The Morgan fingerprint density at radius 2 is 2.00 bits per heavy atom. The lowest BCUT2D eigenvalue weighted by atomic mass is 10.2. The van der Waals surface area contributed by atoms with Crippen molar-refractivity contribution in [2.45, 2.75) is 12.5 Å². The molecule has 2 fully saturated rings. The zero-order valence-electron chi connectivity index (χ0n) is 11.5. The molecule has 1 aromatic heterocycles. The summed E-state index contributed by atoms with van der Waals surface area (Å²) in [4.78, 5) is 8.12. The van der Waals surface area contributed by atoms with Crippen molar-refractivity contribution >= 4 is 27.3 Å². The minimum Gasteiger partial charge on any atom is -0.352 e. The predicted octanol–water partition coefficient (Wildman–Crippen LogP) is 1.18. The summed E-state index contributed by atoms with van der Waals surface area (Å²) in [5, 5.41) is 0.283. The van der Waals surface area contributed by atoms with Crippen molar-refractivity contribution in [1.29, 1.82) is 0 Å². The third kappa shape index (κ3) is 3.30. The maximum atomic E-state index is 13.9. The number of rotatable bonds is 2. The average molecular weight is 334 g/mol. The highest BCUT2D eigenvalue weighted by Gasteiger charge is 2.34. The minimum absolute atomic E-state index is 0.111. The lowest BCUT2D eigenvalue weighted by molar-refractivity contribution is 0.200. The van der Waals surface area contributed by atoms with Crippen molar-refractivity contribution in [2.75, 3.05) is 42.6 Å². The van der Waals surface area contributed by atoms with Crippen molar-refractivity contribution in [3.63, 3.8) is 0 Å². The molecule has 0 saturated carbocycles. The molecule has 1 aromatic rings. The fourth-order valence-electron chi connectivity index (χ4n) is 3.00. The van der Waals surface area contributed by atoms with Gasteiger partial charge in [-0.2, -0.15) is 0 Å². The van der Waals surface area contributed by atoms with Gasteiger partial charge in [-0.1, -0.05) is 11.6 Å². The molecule has 8 heteroatoms. The van der Waals surface area contributed by atoms with E-state index in [-0.39, 0.29) is 22.6 Å². The molecule has 0 aliphatic carbocycles. The molecular weight excluding hydrogens is 317 g/mol. The predicted molar refractivity (Wildman–Crippen MR) is 80.0 cm³/mol. The van der Waals surface area contributed by atoms with Crippen LogP contribution in [-0.2, 0) is 9.84 Å². The van der Waals surface area contributed by atoms with Crippen LogP contribution in [0.5, 0.6) is 0 Å². The molecule has 21 heavy (non-hydrogen) atoms. The number of nitrogens with zero attached hydrogens (tertiary/aromatic N) is 3. The normalized spacial score (nSPS) is 26.2. The Morgan fingerprint density at radius 3 is 2.57 bits per heavy atom. The number of pyridine rings is 1. The highest BCUT2D eigenvalue weighted by Crippen LogP contribution is 2.23. The molecule has 2 aliphatic rings. The zero-order chi connectivity index (χ0) is 15.0. The summed E-state index contributed by atoms with van der Waals surface area (Å²) >= 11 is 5.71. The molecule has 0 N–H and O–H groups in total. The van der Waals surface area contributed by atoms with Crippen LogP contribution in [0.25, 0.3) is 0 Å². The number of anilines is 1. The molecular formula is C13H17ClFN3O2S. The molecule has 0 aromatic carbocycles. The molecule has 116 valence electrons. The second-order valence-corrected chi connectivity index (χ2v) is 8.20. The minimum atomic E-state index is -2.86. The first-order valence-electron chi connectivity index (χ1n) is 6.95. The number of hydrogen-bond acceptors (Lipinski definition) is 5. The van der Waals surface area contributed by atoms with E-state index in [1.807, 2.05) is 4.90 Å². The van der Waals surface area contributed by atoms with Crippen LogP contribution in [0, 0.1) is 5.82 Å². The third-order valence-corrected chi connectivity index (χ3v) is 6.08. The van der Waals surface area contributed by atoms with Crippen LogP contribution < -0.4 is 4.90 Å². The Hall–Kier alpha value is -0.920. The Morgan fingerprint density at radius 1 is 1.29 bits per heavy atom. The maximum Gasteiger partial charge on any atom is 0.167 e. The van der Waals surface area contributed by atoms with Gasteiger partial charge in [0, 0.05) is 38.4 Å². The summed E-state index contributed by atoms with van der Waals surface area (Å²) in [6, 6.07) is 1.37. The van der Waals surface area contributed by atoms with E-state index in [1.54, 1.807) is 0 Å². The number of halogens is 2. The fraction of sp³-hybridized carbons (Fsp3) is 0.615. The van der Waals surface area contributed by atoms with Gasteiger partial charge in [-0.25, -0.2) is 17.8 Å². The molecule has 5 nitrogen and oxygen atoms in total. The highest BCUT2D eigenvalue weighted by atomic mass is 35.5. The molecule has 2 aliphatic heterocycles. The third-order valence-electron chi connectivity index (χ3n) is 4.13.